The lowest BCUT2D eigenvalue weighted by atomic mass is 9.74. The van der Waals surface area contributed by atoms with Crippen molar-refractivity contribution in [1.82, 2.24) is 0 Å². The van der Waals surface area contributed by atoms with E-state index in [0.29, 0.717) is 25.1 Å². The van der Waals surface area contributed by atoms with Gasteiger partial charge in [0.2, 0.25) is 0 Å². The largest absolute Gasteiger partial charge is 0.573 e. The van der Waals surface area contributed by atoms with E-state index in [9.17, 15) is 31.5 Å². The molecule has 0 spiro atoms. The van der Waals surface area contributed by atoms with Crippen molar-refractivity contribution in [2.24, 2.45) is 5.92 Å². The van der Waals surface area contributed by atoms with Crippen LogP contribution in [0, 0.1) is 5.92 Å². The van der Waals surface area contributed by atoms with Crippen molar-refractivity contribution in [2.75, 3.05) is 18.0 Å². The Morgan fingerprint density at radius 2 is 1.66 bits per heavy atom. The van der Waals surface area contributed by atoms with Crippen LogP contribution in [0.15, 0.2) is 47.4 Å². The van der Waals surface area contributed by atoms with E-state index in [1.54, 1.807) is 24.3 Å². The van der Waals surface area contributed by atoms with Gasteiger partial charge in [-0.2, -0.15) is 8.42 Å². The van der Waals surface area contributed by atoms with Crippen LogP contribution in [-0.2, 0) is 27.7 Å². The molecule has 3 saturated heterocycles. The van der Waals surface area contributed by atoms with Gasteiger partial charge in [0.05, 0.1) is 31.8 Å². The third-order valence-electron chi connectivity index (χ3n) is 8.29. The van der Waals surface area contributed by atoms with Gasteiger partial charge in [0.1, 0.15) is 28.8 Å². The van der Waals surface area contributed by atoms with Gasteiger partial charge in [-0.25, -0.2) is 3.89 Å². The third kappa shape index (κ3) is 3.20. The first-order valence-electron chi connectivity index (χ1n) is 11.6. The van der Waals surface area contributed by atoms with Crippen molar-refractivity contribution < 1.29 is 40.1 Å². The first-order chi connectivity index (χ1) is 16.5. The zero-order valence-electron chi connectivity index (χ0n) is 18.6. The summed E-state index contributed by atoms with van der Waals surface area (Å²) in [4.78, 5) is 13.9. The number of rotatable bonds is 5. The number of benzene rings is 2. The van der Waals surface area contributed by atoms with E-state index in [0.717, 1.165) is 24.1 Å². The summed E-state index contributed by atoms with van der Waals surface area (Å²) in [6, 6.07) is 10.6. The number of hydrogen-bond acceptors (Lipinski definition) is 5. The normalized spacial score (nSPS) is 31.1. The van der Waals surface area contributed by atoms with Gasteiger partial charge in [-0.3, -0.25) is 4.79 Å². The number of anilines is 1. The lowest BCUT2D eigenvalue weighted by Gasteiger charge is -2.70. The Balaban J connectivity index is 1.27. The summed E-state index contributed by atoms with van der Waals surface area (Å²) < 4.78 is 69.7. The molecule has 186 valence electrons. The number of ether oxygens (including phenoxy) is 1. The van der Waals surface area contributed by atoms with Crippen molar-refractivity contribution in [2.45, 2.75) is 55.1 Å². The number of quaternary nitrogens is 1. The van der Waals surface area contributed by atoms with Crippen LogP contribution in [0.5, 0.6) is 5.75 Å². The maximum absolute atomic E-state index is 14.2. The number of hydrogen-bond donors (Lipinski definition) is 1. The van der Waals surface area contributed by atoms with Crippen molar-refractivity contribution in [3.8, 4) is 5.75 Å². The first kappa shape index (κ1) is 22.7. The summed E-state index contributed by atoms with van der Waals surface area (Å²) in [5.41, 5.74) is 2.16. The highest BCUT2D eigenvalue weighted by Crippen LogP contribution is 2.58. The molecule has 0 bridgehead atoms. The number of sulfonamides is 1. The standard InChI is InChI=1S/C24H23F3N2O5S/c25-24(26,27)34-20-6-4-16(5-7-20)28-12-18-10-17-11-19(13-28)29(17,18)35(32,33)22-3-1-2-14-8-15(23(30)31)9-21(14)22/h1-7,15,17-19H,8-13H2/p+1. The van der Waals surface area contributed by atoms with Gasteiger partial charge in [-0.1, -0.05) is 12.1 Å². The highest BCUT2D eigenvalue weighted by Gasteiger charge is 2.76. The molecular formula is C24H24F3N2O5S+. The summed E-state index contributed by atoms with van der Waals surface area (Å²) in [7, 11) is -3.76. The number of carboxylic acids is 1. The molecule has 0 saturated carbocycles. The summed E-state index contributed by atoms with van der Waals surface area (Å²) in [5.74, 6) is -1.82. The predicted molar refractivity (Wildman–Crippen MR) is 118 cm³/mol. The molecule has 7 nitrogen and oxygen atoms in total. The molecular weight excluding hydrogens is 485 g/mol. The number of aliphatic carboxylic acids is 1. The number of halogens is 3. The van der Waals surface area contributed by atoms with Crippen LogP contribution < -0.4 is 9.64 Å². The van der Waals surface area contributed by atoms with E-state index >= 15 is 0 Å². The van der Waals surface area contributed by atoms with Crippen molar-refractivity contribution in [3.05, 3.63) is 53.6 Å². The van der Waals surface area contributed by atoms with Crippen molar-refractivity contribution >= 4 is 21.7 Å². The number of alkyl halides is 3. The number of piperazine rings is 1. The molecule has 35 heavy (non-hydrogen) atoms. The molecule has 2 aromatic rings. The lowest BCUT2D eigenvalue weighted by molar-refractivity contribution is -0.973. The van der Waals surface area contributed by atoms with E-state index < -0.39 is 28.3 Å². The fourth-order valence-corrected chi connectivity index (χ4v) is 9.62. The lowest BCUT2D eigenvalue weighted by Crippen LogP contribution is -2.90. The zero-order chi connectivity index (χ0) is 24.8. The van der Waals surface area contributed by atoms with Gasteiger partial charge in [-0.15, -0.1) is 13.2 Å². The molecule has 2 aromatic carbocycles. The van der Waals surface area contributed by atoms with E-state index in [1.807, 2.05) is 11.0 Å². The Labute approximate surface area is 200 Å². The second kappa shape index (κ2) is 7.36. The molecule has 3 heterocycles. The third-order valence-corrected chi connectivity index (χ3v) is 11.0. The van der Waals surface area contributed by atoms with Crippen LogP contribution in [0.1, 0.15) is 24.0 Å². The molecule has 11 heteroatoms. The monoisotopic (exact) mass is 509 g/mol. The summed E-state index contributed by atoms with van der Waals surface area (Å²) in [5, 5.41) is 9.47. The number of fused-ring (bicyclic) bond motifs is 1. The van der Waals surface area contributed by atoms with Gasteiger partial charge in [-0.05, 0) is 54.3 Å². The number of nitrogens with zero attached hydrogens (tertiary/aromatic N) is 2. The van der Waals surface area contributed by atoms with Crippen LogP contribution in [-0.4, -0.2) is 61.0 Å². The fraction of sp³-hybridized carbons (Fsp3) is 0.458. The maximum atomic E-state index is 14.2. The van der Waals surface area contributed by atoms with E-state index in [2.05, 4.69) is 4.74 Å². The Bertz CT molecular complexity index is 1300. The minimum absolute atomic E-state index is 0.0208. The Hall–Kier alpha value is -2.79. The predicted octanol–water partition coefficient (Wildman–Crippen LogP) is 3.32. The fourth-order valence-electron chi connectivity index (χ4n) is 6.85. The quantitative estimate of drug-likeness (QED) is 0.623. The number of carboxylic acid groups (broad SMARTS) is 1. The van der Waals surface area contributed by atoms with E-state index in [-0.39, 0.29) is 39.1 Å². The molecule has 0 radical (unpaired) electrons. The summed E-state index contributed by atoms with van der Waals surface area (Å²) in [6.07, 6.45) is -2.65. The molecule has 1 aliphatic carbocycles. The van der Waals surface area contributed by atoms with Crippen LogP contribution in [0.3, 0.4) is 0 Å². The maximum Gasteiger partial charge on any atom is 0.573 e. The van der Waals surface area contributed by atoms with Crippen LogP contribution in [0.4, 0.5) is 18.9 Å². The van der Waals surface area contributed by atoms with Gasteiger partial charge < -0.3 is 14.7 Å². The first-order valence-corrected chi connectivity index (χ1v) is 13.0. The molecule has 3 aliphatic heterocycles. The van der Waals surface area contributed by atoms with Gasteiger partial charge in [0.15, 0.2) is 0 Å². The van der Waals surface area contributed by atoms with Gasteiger partial charge >= 0.3 is 22.4 Å². The second-order valence-electron chi connectivity index (χ2n) is 9.96. The molecule has 1 N–H and O–H groups in total. The van der Waals surface area contributed by atoms with Crippen LogP contribution >= 0.6 is 0 Å². The Morgan fingerprint density at radius 1 is 1.00 bits per heavy atom. The van der Waals surface area contributed by atoms with Crippen LogP contribution in [0.25, 0.3) is 0 Å². The van der Waals surface area contributed by atoms with Crippen LogP contribution in [0.2, 0.25) is 0 Å². The zero-order valence-corrected chi connectivity index (χ0v) is 19.4. The highest BCUT2D eigenvalue weighted by molar-refractivity contribution is 7.86. The average molecular weight is 510 g/mol. The van der Waals surface area contributed by atoms with Gasteiger partial charge in [0.25, 0.3) is 0 Å². The average Bonchev–Trinajstić information content (AvgIpc) is 3.19. The van der Waals surface area contributed by atoms with Crippen molar-refractivity contribution in [1.29, 1.82) is 0 Å². The molecule has 0 aromatic heterocycles. The molecule has 3 fully saturated rings. The Morgan fingerprint density at radius 3 is 2.23 bits per heavy atom. The smallest absolute Gasteiger partial charge is 0.481 e. The second-order valence-corrected chi connectivity index (χ2v) is 12.0. The molecule has 4 aliphatic rings. The summed E-state index contributed by atoms with van der Waals surface area (Å²) in [6.45, 7) is 0.969. The molecule has 3 atom stereocenters. The minimum Gasteiger partial charge on any atom is -0.481 e. The highest BCUT2D eigenvalue weighted by atomic mass is 32.2. The topological polar surface area (TPSA) is 83.9 Å². The Kier molecular flexibility index (Phi) is 4.77. The summed E-state index contributed by atoms with van der Waals surface area (Å²) >= 11 is 0. The molecule has 0 amide bonds. The van der Waals surface area contributed by atoms with E-state index in [1.165, 1.54) is 12.1 Å². The number of piperidine rings is 1. The minimum atomic E-state index is -4.76. The SMILES string of the molecule is O=C(O)C1Cc2cccc(S(=O)(=O)[N+]34C5CC3CN(c3ccc(OC(F)(F)F)cc3)CC4C5)c2C1. The molecule has 6 rings (SSSR count). The van der Waals surface area contributed by atoms with Crippen molar-refractivity contribution in [3.63, 3.8) is 0 Å². The van der Waals surface area contributed by atoms with Gasteiger partial charge in [0, 0.05) is 5.69 Å². The van der Waals surface area contributed by atoms with E-state index in [4.69, 9.17) is 0 Å². The number of carbonyl (C=O) groups is 1. The molecule has 3 unspecified atom stereocenters.